The van der Waals surface area contributed by atoms with E-state index in [-0.39, 0.29) is 12.1 Å². The lowest BCUT2D eigenvalue weighted by Gasteiger charge is -2.31. The first kappa shape index (κ1) is 14.0. The van der Waals surface area contributed by atoms with Gasteiger partial charge in [0.25, 0.3) is 0 Å². The second-order valence-corrected chi connectivity index (χ2v) is 5.25. The fourth-order valence-electron chi connectivity index (χ4n) is 1.82. The molecule has 0 N–H and O–H groups in total. The van der Waals surface area contributed by atoms with Crippen molar-refractivity contribution in [2.24, 2.45) is 0 Å². The highest BCUT2D eigenvalue weighted by atomic mass is 16.6. The molecule has 1 saturated heterocycles. The fraction of sp³-hybridized carbons (Fsp3) is 0.769. The number of ether oxygens (including phenoxy) is 2. The lowest BCUT2D eigenvalue weighted by molar-refractivity contribution is 0.0164. The van der Waals surface area contributed by atoms with Crippen LogP contribution < -0.4 is 0 Å². The molecule has 0 aromatic carbocycles. The van der Waals surface area contributed by atoms with Crippen LogP contribution in [0.15, 0.2) is 12.7 Å². The van der Waals surface area contributed by atoms with Crippen LogP contribution in [0.3, 0.4) is 0 Å². The van der Waals surface area contributed by atoms with E-state index in [0.29, 0.717) is 19.8 Å². The van der Waals surface area contributed by atoms with Crippen LogP contribution in [0.1, 0.15) is 33.6 Å². The van der Waals surface area contributed by atoms with Gasteiger partial charge in [0.15, 0.2) is 0 Å². The molecular formula is C13H23NO3. The van der Waals surface area contributed by atoms with E-state index in [0.717, 1.165) is 12.8 Å². The molecule has 98 valence electrons. The molecule has 1 rings (SSSR count). The van der Waals surface area contributed by atoms with Gasteiger partial charge in [0.2, 0.25) is 0 Å². The number of carbonyl (C=O) groups excluding carboxylic acids is 1. The Hall–Kier alpha value is -1.03. The third-order valence-corrected chi connectivity index (χ3v) is 2.58. The fourth-order valence-corrected chi connectivity index (χ4v) is 1.82. The van der Waals surface area contributed by atoms with Crippen molar-refractivity contribution in [1.82, 2.24) is 4.90 Å². The lowest BCUT2D eigenvalue weighted by Crippen LogP contribution is -2.43. The third kappa shape index (κ3) is 4.77. The lowest BCUT2D eigenvalue weighted by atomic mass is 10.1. The van der Waals surface area contributed by atoms with Gasteiger partial charge in [0.05, 0.1) is 6.61 Å². The first-order valence-corrected chi connectivity index (χ1v) is 6.12. The molecule has 1 unspecified atom stereocenters. The molecule has 0 saturated carbocycles. The molecule has 0 aromatic heterocycles. The molecule has 0 aromatic rings. The Morgan fingerprint density at radius 3 is 2.82 bits per heavy atom. The summed E-state index contributed by atoms with van der Waals surface area (Å²) >= 11 is 0. The van der Waals surface area contributed by atoms with E-state index in [1.165, 1.54) is 0 Å². The van der Waals surface area contributed by atoms with Crippen molar-refractivity contribution in [2.75, 3.05) is 19.8 Å². The van der Waals surface area contributed by atoms with Gasteiger partial charge in [0, 0.05) is 19.2 Å². The van der Waals surface area contributed by atoms with Crippen molar-refractivity contribution in [3.63, 3.8) is 0 Å². The van der Waals surface area contributed by atoms with Gasteiger partial charge in [-0.25, -0.2) is 4.79 Å². The van der Waals surface area contributed by atoms with Crippen LogP contribution in [0, 0.1) is 0 Å². The second-order valence-electron chi connectivity index (χ2n) is 5.25. The Labute approximate surface area is 104 Å². The average molecular weight is 241 g/mol. The summed E-state index contributed by atoms with van der Waals surface area (Å²) in [5.74, 6) is 0. The van der Waals surface area contributed by atoms with Crippen LogP contribution in [0.5, 0.6) is 0 Å². The van der Waals surface area contributed by atoms with Gasteiger partial charge in [-0.2, -0.15) is 0 Å². The SMILES string of the molecule is C=CCC1CCOCCN1C(=O)OC(C)(C)C. The number of hydrogen-bond acceptors (Lipinski definition) is 3. The minimum atomic E-state index is -0.455. The van der Waals surface area contributed by atoms with E-state index >= 15 is 0 Å². The molecule has 0 bridgehead atoms. The molecule has 0 radical (unpaired) electrons. The maximum absolute atomic E-state index is 12.1. The Bertz CT molecular complexity index is 270. The summed E-state index contributed by atoms with van der Waals surface area (Å²) in [7, 11) is 0. The van der Waals surface area contributed by atoms with Crippen LogP contribution in [-0.4, -0.2) is 42.4 Å². The predicted octanol–water partition coefficient (Wildman–Crippen LogP) is 2.59. The Morgan fingerprint density at radius 2 is 2.24 bits per heavy atom. The molecule has 1 fully saturated rings. The van der Waals surface area contributed by atoms with Crippen molar-refractivity contribution < 1.29 is 14.3 Å². The molecule has 1 heterocycles. The van der Waals surface area contributed by atoms with Gasteiger partial charge >= 0.3 is 6.09 Å². The summed E-state index contributed by atoms with van der Waals surface area (Å²) in [5.41, 5.74) is -0.455. The highest BCUT2D eigenvalue weighted by molar-refractivity contribution is 5.68. The van der Waals surface area contributed by atoms with Crippen LogP contribution >= 0.6 is 0 Å². The van der Waals surface area contributed by atoms with Gasteiger partial charge in [-0.15, -0.1) is 6.58 Å². The summed E-state index contributed by atoms with van der Waals surface area (Å²) in [6.45, 7) is 11.2. The van der Waals surface area contributed by atoms with E-state index in [1.54, 1.807) is 4.90 Å². The van der Waals surface area contributed by atoms with Crippen molar-refractivity contribution in [1.29, 1.82) is 0 Å². The highest BCUT2D eigenvalue weighted by Crippen LogP contribution is 2.17. The summed E-state index contributed by atoms with van der Waals surface area (Å²) in [6, 6.07) is 0.143. The van der Waals surface area contributed by atoms with Crippen molar-refractivity contribution in [3.05, 3.63) is 12.7 Å². The minimum Gasteiger partial charge on any atom is -0.444 e. The summed E-state index contributed by atoms with van der Waals surface area (Å²) in [5, 5.41) is 0. The van der Waals surface area contributed by atoms with E-state index in [9.17, 15) is 4.79 Å². The normalized spacial score (nSPS) is 21.8. The van der Waals surface area contributed by atoms with E-state index in [2.05, 4.69) is 6.58 Å². The van der Waals surface area contributed by atoms with Gasteiger partial charge in [-0.3, -0.25) is 0 Å². The Balaban J connectivity index is 2.67. The molecule has 0 spiro atoms. The zero-order valence-electron chi connectivity index (χ0n) is 11.1. The number of amides is 1. The van der Waals surface area contributed by atoms with Crippen LogP contribution in [0.25, 0.3) is 0 Å². The number of carbonyl (C=O) groups is 1. The molecule has 1 amide bonds. The monoisotopic (exact) mass is 241 g/mol. The van der Waals surface area contributed by atoms with E-state index in [4.69, 9.17) is 9.47 Å². The maximum atomic E-state index is 12.1. The minimum absolute atomic E-state index is 0.143. The molecule has 1 aliphatic heterocycles. The standard InChI is InChI=1S/C13H23NO3/c1-5-6-11-7-9-16-10-8-14(11)12(15)17-13(2,3)4/h5,11H,1,6-10H2,2-4H3. The first-order chi connectivity index (χ1) is 7.94. The molecule has 1 atom stereocenters. The second kappa shape index (κ2) is 6.05. The van der Waals surface area contributed by atoms with Crippen molar-refractivity contribution in [3.8, 4) is 0 Å². The van der Waals surface area contributed by atoms with E-state index < -0.39 is 5.60 Å². The predicted molar refractivity (Wildman–Crippen MR) is 67.0 cm³/mol. The third-order valence-electron chi connectivity index (χ3n) is 2.58. The average Bonchev–Trinajstić information content (AvgIpc) is 2.41. The smallest absolute Gasteiger partial charge is 0.410 e. The quantitative estimate of drug-likeness (QED) is 0.697. The zero-order chi connectivity index (χ0) is 12.9. The molecular weight excluding hydrogens is 218 g/mol. The first-order valence-electron chi connectivity index (χ1n) is 6.12. The van der Waals surface area contributed by atoms with Gasteiger partial charge in [0.1, 0.15) is 5.60 Å². The van der Waals surface area contributed by atoms with Crippen molar-refractivity contribution >= 4 is 6.09 Å². The Kier molecular flexibility index (Phi) is 5.00. The number of hydrogen-bond donors (Lipinski definition) is 0. The Morgan fingerprint density at radius 1 is 1.53 bits per heavy atom. The van der Waals surface area contributed by atoms with E-state index in [1.807, 2.05) is 26.8 Å². The molecule has 4 heteroatoms. The summed E-state index contributed by atoms with van der Waals surface area (Å²) in [4.78, 5) is 13.8. The van der Waals surface area contributed by atoms with Gasteiger partial charge in [-0.05, 0) is 33.6 Å². The van der Waals surface area contributed by atoms with Crippen LogP contribution in [-0.2, 0) is 9.47 Å². The molecule has 1 aliphatic rings. The zero-order valence-corrected chi connectivity index (χ0v) is 11.1. The highest BCUT2D eigenvalue weighted by Gasteiger charge is 2.28. The number of nitrogens with zero attached hydrogens (tertiary/aromatic N) is 1. The topological polar surface area (TPSA) is 38.8 Å². The van der Waals surface area contributed by atoms with Crippen molar-refractivity contribution in [2.45, 2.75) is 45.3 Å². The van der Waals surface area contributed by atoms with Gasteiger partial charge in [-0.1, -0.05) is 6.08 Å². The van der Waals surface area contributed by atoms with Gasteiger partial charge < -0.3 is 14.4 Å². The summed E-state index contributed by atoms with van der Waals surface area (Å²) < 4.78 is 10.8. The molecule has 17 heavy (non-hydrogen) atoms. The van der Waals surface area contributed by atoms with Crippen LogP contribution in [0.4, 0.5) is 4.79 Å². The number of rotatable bonds is 2. The summed E-state index contributed by atoms with van der Waals surface area (Å²) in [6.07, 6.45) is 3.20. The molecule has 0 aliphatic carbocycles. The maximum Gasteiger partial charge on any atom is 0.410 e. The largest absolute Gasteiger partial charge is 0.444 e. The molecule has 4 nitrogen and oxygen atoms in total. The van der Waals surface area contributed by atoms with Crippen LogP contribution in [0.2, 0.25) is 0 Å².